The van der Waals surface area contributed by atoms with E-state index in [0.29, 0.717) is 11.7 Å². The zero-order chi connectivity index (χ0) is 12.4. The van der Waals surface area contributed by atoms with Gasteiger partial charge in [0, 0.05) is 6.04 Å². The molecule has 0 aromatic heterocycles. The van der Waals surface area contributed by atoms with Crippen LogP contribution in [0, 0.1) is 5.82 Å². The van der Waals surface area contributed by atoms with Gasteiger partial charge in [-0.25, -0.2) is 4.39 Å². The summed E-state index contributed by atoms with van der Waals surface area (Å²) in [7, 11) is 0. The third kappa shape index (κ3) is 3.48. The standard InChI is InChI=1S/C11H11Cl2FN2O/c12-8-3-6(14)4-9(13)11(8)15-5-10(17)16-7-1-2-7/h3-4,7,15H,1-2,5H2,(H,16,17). The van der Waals surface area contributed by atoms with E-state index >= 15 is 0 Å². The van der Waals surface area contributed by atoms with Gasteiger partial charge in [0.05, 0.1) is 22.3 Å². The average Bonchev–Trinajstić information content (AvgIpc) is 2.99. The molecule has 0 unspecified atom stereocenters. The van der Waals surface area contributed by atoms with E-state index in [-0.39, 0.29) is 22.5 Å². The molecule has 17 heavy (non-hydrogen) atoms. The number of nitrogens with one attached hydrogen (secondary N) is 2. The van der Waals surface area contributed by atoms with Crippen LogP contribution in [0.15, 0.2) is 12.1 Å². The van der Waals surface area contributed by atoms with Gasteiger partial charge in [-0.1, -0.05) is 23.2 Å². The highest BCUT2D eigenvalue weighted by Gasteiger charge is 2.23. The lowest BCUT2D eigenvalue weighted by atomic mass is 10.3. The number of hydrogen-bond donors (Lipinski definition) is 2. The Labute approximate surface area is 108 Å². The molecule has 2 rings (SSSR count). The van der Waals surface area contributed by atoms with Crippen LogP contribution in [-0.2, 0) is 4.79 Å². The van der Waals surface area contributed by atoms with Crippen molar-refractivity contribution in [1.82, 2.24) is 5.32 Å². The summed E-state index contributed by atoms with van der Waals surface area (Å²) in [4.78, 5) is 11.4. The Morgan fingerprint density at radius 2 is 1.94 bits per heavy atom. The highest BCUT2D eigenvalue weighted by molar-refractivity contribution is 6.39. The number of anilines is 1. The first-order valence-electron chi connectivity index (χ1n) is 5.24. The fourth-order valence-electron chi connectivity index (χ4n) is 1.39. The summed E-state index contributed by atoms with van der Waals surface area (Å²) in [6.45, 7) is 0.0710. The molecule has 0 radical (unpaired) electrons. The maximum atomic E-state index is 12.9. The molecular weight excluding hydrogens is 266 g/mol. The van der Waals surface area contributed by atoms with E-state index in [1.165, 1.54) is 0 Å². The summed E-state index contributed by atoms with van der Waals surface area (Å²) in [6.07, 6.45) is 2.06. The predicted molar refractivity (Wildman–Crippen MR) is 66.1 cm³/mol. The number of halogens is 3. The molecule has 2 N–H and O–H groups in total. The van der Waals surface area contributed by atoms with Crippen LogP contribution in [0.3, 0.4) is 0 Å². The molecule has 0 aliphatic heterocycles. The largest absolute Gasteiger partial charge is 0.374 e. The van der Waals surface area contributed by atoms with Crippen LogP contribution >= 0.6 is 23.2 Å². The molecule has 1 aliphatic rings. The van der Waals surface area contributed by atoms with E-state index in [4.69, 9.17) is 23.2 Å². The molecule has 1 aliphatic carbocycles. The monoisotopic (exact) mass is 276 g/mol. The summed E-state index contributed by atoms with van der Waals surface area (Å²) in [5, 5.41) is 5.93. The molecule has 92 valence electrons. The summed E-state index contributed by atoms with van der Waals surface area (Å²) in [5.74, 6) is -0.628. The van der Waals surface area contributed by atoms with E-state index in [0.717, 1.165) is 25.0 Å². The lowest BCUT2D eigenvalue weighted by Gasteiger charge is -2.10. The first kappa shape index (κ1) is 12.5. The Kier molecular flexibility index (Phi) is 3.74. The van der Waals surface area contributed by atoms with Crippen molar-refractivity contribution in [3.8, 4) is 0 Å². The van der Waals surface area contributed by atoms with Gasteiger partial charge < -0.3 is 10.6 Å². The van der Waals surface area contributed by atoms with Crippen LogP contribution in [0.5, 0.6) is 0 Å². The van der Waals surface area contributed by atoms with Crippen molar-refractivity contribution in [2.45, 2.75) is 18.9 Å². The quantitative estimate of drug-likeness (QED) is 0.888. The minimum atomic E-state index is -0.506. The molecule has 0 spiro atoms. The van der Waals surface area contributed by atoms with Crippen molar-refractivity contribution in [2.75, 3.05) is 11.9 Å². The van der Waals surface area contributed by atoms with Gasteiger partial charge in [0.1, 0.15) is 5.82 Å². The highest BCUT2D eigenvalue weighted by Crippen LogP contribution is 2.31. The summed E-state index contributed by atoms with van der Waals surface area (Å²) in [6, 6.07) is 2.60. The normalized spacial score (nSPS) is 14.5. The molecule has 6 heteroatoms. The third-order valence-corrected chi connectivity index (χ3v) is 2.97. The van der Waals surface area contributed by atoms with E-state index in [9.17, 15) is 9.18 Å². The first-order chi connectivity index (χ1) is 8.06. The van der Waals surface area contributed by atoms with Crippen molar-refractivity contribution in [2.24, 2.45) is 0 Å². The Morgan fingerprint density at radius 1 is 1.35 bits per heavy atom. The van der Waals surface area contributed by atoms with Gasteiger partial charge in [-0.05, 0) is 25.0 Å². The second kappa shape index (κ2) is 5.10. The lowest BCUT2D eigenvalue weighted by Crippen LogP contribution is -2.31. The third-order valence-electron chi connectivity index (χ3n) is 2.38. The van der Waals surface area contributed by atoms with Crippen LogP contribution in [0.25, 0.3) is 0 Å². The Hall–Kier alpha value is -1.00. The lowest BCUT2D eigenvalue weighted by molar-refractivity contribution is -0.119. The minimum Gasteiger partial charge on any atom is -0.374 e. The Bertz CT molecular complexity index is 426. The van der Waals surface area contributed by atoms with Crippen LogP contribution in [0.4, 0.5) is 10.1 Å². The minimum absolute atomic E-state index is 0.0710. The molecule has 1 aromatic carbocycles. The maximum absolute atomic E-state index is 12.9. The second-order valence-electron chi connectivity index (χ2n) is 3.94. The van der Waals surface area contributed by atoms with E-state index in [1.54, 1.807) is 0 Å². The smallest absolute Gasteiger partial charge is 0.239 e. The zero-order valence-electron chi connectivity index (χ0n) is 8.90. The Morgan fingerprint density at radius 3 is 2.47 bits per heavy atom. The summed E-state index contributed by atoms with van der Waals surface area (Å²) in [5.41, 5.74) is 0.376. The fourth-order valence-corrected chi connectivity index (χ4v) is 1.98. The highest BCUT2D eigenvalue weighted by atomic mass is 35.5. The van der Waals surface area contributed by atoms with Crippen molar-refractivity contribution >= 4 is 34.8 Å². The SMILES string of the molecule is O=C(CNc1c(Cl)cc(F)cc1Cl)NC1CC1. The van der Waals surface area contributed by atoms with Crippen LogP contribution in [0.1, 0.15) is 12.8 Å². The van der Waals surface area contributed by atoms with Gasteiger partial charge in [-0.2, -0.15) is 0 Å². The molecule has 0 atom stereocenters. The molecule has 1 fully saturated rings. The molecule has 0 heterocycles. The molecule has 1 amide bonds. The van der Waals surface area contributed by atoms with E-state index in [2.05, 4.69) is 10.6 Å². The zero-order valence-corrected chi connectivity index (χ0v) is 10.4. The number of benzene rings is 1. The average molecular weight is 277 g/mol. The van der Waals surface area contributed by atoms with Crippen molar-refractivity contribution in [3.05, 3.63) is 28.0 Å². The van der Waals surface area contributed by atoms with Gasteiger partial charge in [-0.15, -0.1) is 0 Å². The van der Waals surface area contributed by atoms with Crippen molar-refractivity contribution in [1.29, 1.82) is 0 Å². The van der Waals surface area contributed by atoms with Gasteiger partial charge in [0.15, 0.2) is 0 Å². The van der Waals surface area contributed by atoms with E-state index < -0.39 is 5.82 Å². The molecule has 0 bridgehead atoms. The first-order valence-corrected chi connectivity index (χ1v) is 5.99. The van der Waals surface area contributed by atoms with Gasteiger partial charge >= 0.3 is 0 Å². The molecule has 3 nitrogen and oxygen atoms in total. The number of hydrogen-bond acceptors (Lipinski definition) is 2. The van der Waals surface area contributed by atoms with Gasteiger partial charge in [-0.3, -0.25) is 4.79 Å². The van der Waals surface area contributed by atoms with Gasteiger partial charge in [0.2, 0.25) is 5.91 Å². The molecular formula is C11H11Cl2FN2O. The second-order valence-corrected chi connectivity index (χ2v) is 4.75. The number of rotatable bonds is 4. The molecule has 0 saturated heterocycles. The van der Waals surface area contributed by atoms with Crippen LogP contribution < -0.4 is 10.6 Å². The number of carbonyl (C=O) groups is 1. The topological polar surface area (TPSA) is 41.1 Å². The van der Waals surface area contributed by atoms with Crippen LogP contribution in [-0.4, -0.2) is 18.5 Å². The van der Waals surface area contributed by atoms with E-state index in [1.807, 2.05) is 0 Å². The fraction of sp³-hybridized carbons (Fsp3) is 0.364. The number of carbonyl (C=O) groups excluding carboxylic acids is 1. The van der Waals surface area contributed by atoms with Crippen LogP contribution in [0.2, 0.25) is 10.0 Å². The predicted octanol–water partition coefficient (Wildman–Crippen LogP) is 2.82. The summed E-state index contributed by atoms with van der Waals surface area (Å²) >= 11 is 11.6. The summed E-state index contributed by atoms with van der Waals surface area (Å²) < 4.78 is 12.9. The molecule has 1 aromatic rings. The Balaban J connectivity index is 1.95. The van der Waals surface area contributed by atoms with Crippen molar-refractivity contribution < 1.29 is 9.18 Å². The van der Waals surface area contributed by atoms with Crippen molar-refractivity contribution in [3.63, 3.8) is 0 Å². The molecule has 1 saturated carbocycles. The number of amides is 1. The maximum Gasteiger partial charge on any atom is 0.239 e. The van der Waals surface area contributed by atoms with Gasteiger partial charge in [0.25, 0.3) is 0 Å².